The molecule has 2 rings (SSSR count). The Morgan fingerprint density at radius 2 is 1.92 bits per heavy atom. The van der Waals surface area contributed by atoms with Gasteiger partial charge in [0.2, 0.25) is 5.88 Å². The van der Waals surface area contributed by atoms with E-state index in [4.69, 9.17) is 4.74 Å². The molecular formula is C18H20F2IN3O. The normalized spacial score (nSPS) is 12.4. The number of hydrogen-bond donors (Lipinski definition) is 0. The van der Waals surface area contributed by atoms with Gasteiger partial charge in [-0.05, 0) is 67.1 Å². The van der Waals surface area contributed by atoms with Gasteiger partial charge in [0.1, 0.15) is 17.7 Å². The van der Waals surface area contributed by atoms with Crippen molar-refractivity contribution >= 4 is 34.6 Å². The Labute approximate surface area is 160 Å². The number of benzene rings is 1. The van der Waals surface area contributed by atoms with Crippen molar-refractivity contribution in [2.24, 2.45) is 4.99 Å². The molecule has 0 bridgehead atoms. The summed E-state index contributed by atoms with van der Waals surface area (Å²) < 4.78 is 33.3. The zero-order valence-electron chi connectivity index (χ0n) is 14.6. The van der Waals surface area contributed by atoms with Crippen LogP contribution in [0.25, 0.3) is 0 Å². The molecule has 134 valence electrons. The quantitative estimate of drug-likeness (QED) is 0.346. The topological polar surface area (TPSA) is 37.7 Å². The summed E-state index contributed by atoms with van der Waals surface area (Å²) in [4.78, 5) is 10.8. The van der Waals surface area contributed by atoms with Crippen molar-refractivity contribution in [2.75, 3.05) is 13.6 Å². The summed E-state index contributed by atoms with van der Waals surface area (Å²) in [5.41, 5.74) is 1.88. The van der Waals surface area contributed by atoms with Gasteiger partial charge >= 0.3 is 0 Å². The first-order chi connectivity index (χ1) is 11.8. The van der Waals surface area contributed by atoms with Crippen molar-refractivity contribution in [3.8, 4) is 5.88 Å². The molecule has 0 fully saturated rings. The molecular weight excluding hydrogens is 439 g/mol. The molecule has 0 unspecified atom stereocenters. The predicted octanol–water partition coefficient (Wildman–Crippen LogP) is 5.02. The highest BCUT2D eigenvalue weighted by Crippen LogP contribution is 2.30. The summed E-state index contributed by atoms with van der Waals surface area (Å²) in [6, 6.07) is 5.22. The molecule has 0 saturated heterocycles. The lowest BCUT2D eigenvalue weighted by Gasteiger charge is -2.17. The van der Waals surface area contributed by atoms with Crippen LogP contribution in [0.5, 0.6) is 5.88 Å². The SMILES string of the molecule is CCN(C)/C=N/c1cc(I)c(O[C@@H](C)c2cc(F)cc(F)c2)nc1C. The second kappa shape index (κ2) is 8.55. The van der Waals surface area contributed by atoms with Crippen LogP contribution in [0.3, 0.4) is 0 Å². The molecule has 0 saturated carbocycles. The number of aryl methyl sites for hydroxylation is 1. The van der Waals surface area contributed by atoms with E-state index in [2.05, 4.69) is 32.6 Å². The summed E-state index contributed by atoms with van der Waals surface area (Å²) in [6.07, 6.45) is 1.21. The third-order valence-electron chi connectivity index (χ3n) is 3.64. The lowest BCUT2D eigenvalue weighted by molar-refractivity contribution is 0.214. The van der Waals surface area contributed by atoms with E-state index >= 15 is 0 Å². The van der Waals surface area contributed by atoms with Crippen LogP contribution < -0.4 is 4.74 Å². The molecule has 1 atom stereocenters. The number of halogens is 3. The fraction of sp³-hybridized carbons (Fsp3) is 0.333. The fourth-order valence-electron chi connectivity index (χ4n) is 2.05. The Morgan fingerprint density at radius 3 is 2.52 bits per heavy atom. The van der Waals surface area contributed by atoms with E-state index in [0.29, 0.717) is 17.1 Å². The van der Waals surface area contributed by atoms with Crippen LogP contribution in [0.4, 0.5) is 14.5 Å². The van der Waals surface area contributed by atoms with Crippen LogP contribution in [-0.2, 0) is 0 Å². The number of aliphatic imine (C=N–C) groups is 1. The third-order valence-corrected chi connectivity index (χ3v) is 4.42. The molecule has 0 aliphatic carbocycles. The lowest BCUT2D eigenvalue weighted by atomic mass is 10.1. The van der Waals surface area contributed by atoms with Crippen molar-refractivity contribution in [1.29, 1.82) is 0 Å². The summed E-state index contributed by atoms with van der Waals surface area (Å²) in [5.74, 6) is -0.846. The Hall–Kier alpha value is -1.77. The average Bonchev–Trinajstić information content (AvgIpc) is 2.55. The second-order valence-corrected chi connectivity index (χ2v) is 6.82. The van der Waals surface area contributed by atoms with E-state index in [-0.39, 0.29) is 0 Å². The van der Waals surface area contributed by atoms with Crippen molar-refractivity contribution in [2.45, 2.75) is 26.9 Å². The molecule has 0 amide bonds. The Morgan fingerprint density at radius 1 is 1.28 bits per heavy atom. The summed E-state index contributed by atoms with van der Waals surface area (Å²) in [7, 11) is 1.94. The lowest BCUT2D eigenvalue weighted by Crippen LogP contribution is -2.14. The summed E-state index contributed by atoms with van der Waals surface area (Å²) in [6.45, 7) is 6.46. The van der Waals surface area contributed by atoms with Crippen LogP contribution in [0.2, 0.25) is 0 Å². The molecule has 25 heavy (non-hydrogen) atoms. The highest BCUT2D eigenvalue weighted by molar-refractivity contribution is 14.1. The molecule has 1 aromatic carbocycles. The molecule has 0 spiro atoms. The molecule has 1 heterocycles. The van der Waals surface area contributed by atoms with Gasteiger partial charge in [-0.2, -0.15) is 0 Å². The zero-order valence-corrected chi connectivity index (χ0v) is 16.7. The van der Waals surface area contributed by atoms with E-state index in [1.165, 1.54) is 12.1 Å². The van der Waals surface area contributed by atoms with Crippen molar-refractivity contribution in [1.82, 2.24) is 9.88 Å². The minimum atomic E-state index is -0.631. The molecule has 4 nitrogen and oxygen atoms in total. The Bertz CT molecular complexity index is 763. The van der Waals surface area contributed by atoms with E-state index in [0.717, 1.165) is 21.9 Å². The predicted molar refractivity (Wildman–Crippen MR) is 104 cm³/mol. The molecule has 7 heteroatoms. The Kier molecular flexibility index (Phi) is 6.69. The number of hydrogen-bond acceptors (Lipinski definition) is 3. The maximum atomic E-state index is 13.4. The van der Waals surface area contributed by atoms with Crippen LogP contribution in [-0.4, -0.2) is 29.8 Å². The number of rotatable bonds is 6. The van der Waals surface area contributed by atoms with Crippen molar-refractivity contribution in [3.63, 3.8) is 0 Å². The van der Waals surface area contributed by atoms with Crippen LogP contribution in [0.1, 0.15) is 31.2 Å². The van der Waals surface area contributed by atoms with Crippen molar-refractivity contribution < 1.29 is 13.5 Å². The molecule has 2 aromatic rings. The summed E-state index contributed by atoms with van der Waals surface area (Å²) >= 11 is 2.11. The average molecular weight is 459 g/mol. The van der Waals surface area contributed by atoms with Gasteiger partial charge in [0.25, 0.3) is 0 Å². The van der Waals surface area contributed by atoms with E-state index < -0.39 is 17.7 Å². The maximum absolute atomic E-state index is 13.4. The number of aromatic nitrogens is 1. The van der Waals surface area contributed by atoms with E-state index in [9.17, 15) is 8.78 Å². The monoisotopic (exact) mass is 459 g/mol. The number of pyridine rings is 1. The smallest absolute Gasteiger partial charge is 0.228 e. The minimum Gasteiger partial charge on any atom is -0.469 e. The first-order valence-electron chi connectivity index (χ1n) is 7.84. The van der Waals surface area contributed by atoms with Gasteiger partial charge in [-0.25, -0.2) is 18.8 Å². The zero-order chi connectivity index (χ0) is 18.6. The first-order valence-corrected chi connectivity index (χ1v) is 8.92. The van der Waals surface area contributed by atoms with Crippen LogP contribution >= 0.6 is 22.6 Å². The van der Waals surface area contributed by atoms with Gasteiger partial charge < -0.3 is 9.64 Å². The van der Waals surface area contributed by atoms with Gasteiger partial charge in [0.15, 0.2) is 0 Å². The summed E-state index contributed by atoms with van der Waals surface area (Å²) in [5, 5.41) is 0. The van der Waals surface area contributed by atoms with E-state index in [1.807, 2.05) is 31.9 Å². The molecule has 0 aliphatic heterocycles. The molecule has 1 aromatic heterocycles. The third kappa shape index (κ3) is 5.35. The highest BCUT2D eigenvalue weighted by Gasteiger charge is 2.15. The second-order valence-electron chi connectivity index (χ2n) is 5.66. The van der Waals surface area contributed by atoms with Gasteiger partial charge in [-0.3, -0.25) is 0 Å². The van der Waals surface area contributed by atoms with Gasteiger partial charge in [0.05, 0.1) is 21.3 Å². The largest absolute Gasteiger partial charge is 0.469 e. The molecule has 0 N–H and O–H groups in total. The number of nitrogens with zero attached hydrogens (tertiary/aromatic N) is 3. The van der Waals surface area contributed by atoms with Gasteiger partial charge in [0, 0.05) is 19.7 Å². The molecule has 0 radical (unpaired) electrons. The van der Waals surface area contributed by atoms with Gasteiger partial charge in [-0.15, -0.1) is 0 Å². The van der Waals surface area contributed by atoms with Crippen molar-refractivity contribution in [3.05, 3.63) is 50.7 Å². The standard InChI is InChI=1S/C18H20F2IN3O/c1-5-24(4)10-22-17-9-16(21)18(23-11(17)2)25-12(3)13-6-14(19)8-15(20)7-13/h6-10,12H,5H2,1-4H3/b22-10+/t12-/m0/s1. The van der Waals surface area contributed by atoms with E-state index in [1.54, 1.807) is 13.3 Å². The van der Waals surface area contributed by atoms with Crippen LogP contribution in [0.15, 0.2) is 29.3 Å². The fourth-order valence-corrected chi connectivity index (χ4v) is 2.59. The Balaban J connectivity index is 2.22. The highest BCUT2D eigenvalue weighted by atomic mass is 127. The van der Waals surface area contributed by atoms with Crippen LogP contribution in [0, 0.1) is 22.1 Å². The maximum Gasteiger partial charge on any atom is 0.228 e. The minimum absolute atomic E-state index is 0.415. The first kappa shape index (κ1) is 19.6. The number of ether oxygens (including phenoxy) is 1. The molecule has 0 aliphatic rings. The van der Waals surface area contributed by atoms with Gasteiger partial charge in [-0.1, -0.05) is 0 Å².